The molecule has 0 amide bonds. The van der Waals surface area contributed by atoms with Crippen molar-refractivity contribution in [2.45, 2.75) is 0 Å². The molecule has 1 heterocycles. The predicted octanol–water partition coefficient (Wildman–Crippen LogP) is 4.26. The topological polar surface area (TPSA) is 63.8 Å². The maximum absolute atomic E-state index is 5.98. The highest BCUT2D eigenvalue weighted by Gasteiger charge is 2.06. The normalized spacial score (nSPS) is 10.7. The number of halogens is 2. The van der Waals surface area contributed by atoms with Gasteiger partial charge in [0, 0.05) is 26.8 Å². The molecule has 1 aromatic heterocycles. The van der Waals surface area contributed by atoms with Crippen LogP contribution in [0.1, 0.15) is 0 Å². The van der Waals surface area contributed by atoms with Crippen LogP contribution in [0.25, 0.3) is 10.9 Å². The zero-order valence-electron chi connectivity index (χ0n) is 10.3. The van der Waals surface area contributed by atoms with E-state index in [-0.39, 0.29) is 0 Å². The summed E-state index contributed by atoms with van der Waals surface area (Å²) in [6, 6.07) is 10.7. The Hall–Kier alpha value is -2.04. The van der Waals surface area contributed by atoms with Crippen LogP contribution in [0.3, 0.4) is 0 Å². The van der Waals surface area contributed by atoms with E-state index in [1.807, 2.05) is 12.1 Å². The van der Waals surface area contributed by atoms with Crippen LogP contribution in [0.4, 0.5) is 17.2 Å². The molecule has 0 bridgehead atoms. The van der Waals surface area contributed by atoms with Gasteiger partial charge in [0.15, 0.2) is 0 Å². The fraction of sp³-hybridized carbons (Fsp3) is 0. The van der Waals surface area contributed by atoms with Gasteiger partial charge in [-0.3, -0.25) is 0 Å². The summed E-state index contributed by atoms with van der Waals surface area (Å²) in [4.78, 5) is 8.44. The first-order valence-electron chi connectivity index (χ1n) is 5.85. The maximum atomic E-state index is 5.98. The number of nitrogens with one attached hydrogen (secondary N) is 1. The Kier molecular flexibility index (Phi) is 3.34. The standard InChI is InChI=1S/C14H10Cl2N4/c15-8-3-9(16)5-11(4-8)20-14-12-6-10(17)1-2-13(12)18-7-19-14/h1-7H,17H2,(H,18,19,20). The van der Waals surface area contributed by atoms with Gasteiger partial charge in [-0.05, 0) is 36.4 Å². The number of nitrogen functional groups attached to an aromatic ring is 1. The van der Waals surface area contributed by atoms with Crippen molar-refractivity contribution in [1.82, 2.24) is 9.97 Å². The first-order chi connectivity index (χ1) is 9.61. The quantitative estimate of drug-likeness (QED) is 0.694. The van der Waals surface area contributed by atoms with Gasteiger partial charge in [-0.2, -0.15) is 0 Å². The van der Waals surface area contributed by atoms with E-state index in [9.17, 15) is 0 Å². The lowest BCUT2D eigenvalue weighted by Crippen LogP contribution is -1.97. The largest absolute Gasteiger partial charge is 0.399 e. The van der Waals surface area contributed by atoms with E-state index in [1.165, 1.54) is 6.33 Å². The van der Waals surface area contributed by atoms with Gasteiger partial charge in [-0.25, -0.2) is 9.97 Å². The Balaban J connectivity index is 2.08. The SMILES string of the molecule is Nc1ccc2ncnc(Nc3cc(Cl)cc(Cl)c3)c2c1. The molecule has 100 valence electrons. The molecule has 0 aliphatic carbocycles. The van der Waals surface area contributed by atoms with Crippen LogP contribution in [0.5, 0.6) is 0 Å². The van der Waals surface area contributed by atoms with Crippen LogP contribution in [-0.2, 0) is 0 Å². The predicted molar refractivity (Wildman–Crippen MR) is 83.7 cm³/mol. The number of rotatable bonds is 2. The fourth-order valence-electron chi connectivity index (χ4n) is 1.94. The molecule has 0 aliphatic heterocycles. The molecule has 3 aromatic rings. The fourth-order valence-corrected chi connectivity index (χ4v) is 2.46. The highest BCUT2D eigenvalue weighted by atomic mass is 35.5. The van der Waals surface area contributed by atoms with E-state index >= 15 is 0 Å². The third-order valence-electron chi connectivity index (χ3n) is 2.78. The molecule has 20 heavy (non-hydrogen) atoms. The average molecular weight is 305 g/mol. The second-order valence-corrected chi connectivity index (χ2v) is 5.15. The van der Waals surface area contributed by atoms with Gasteiger partial charge in [0.2, 0.25) is 0 Å². The van der Waals surface area contributed by atoms with E-state index in [2.05, 4.69) is 15.3 Å². The molecule has 0 fully saturated rings. The molecular weight excluding hydrogens is 295 g/mol. The van der Waals surface area contributed by atoms with Crippen molar-refractivity contribution in [3.63, 3.8) is 0 Å². The summed E-state index contributed by atoms with van der Waals surface area (Å²) in [6.07, 6.45) is 1.49. The van der Waals surface area contributed by atoms with Crippen molar-refractivity contribution in [3.05, 3.63) is 52.8 Å². The number of aromatic nitrogens is 2. The molecule has 4 nitrogen and oxygen atoms in total. The molecule has 6 heteroatoms. The number of hydrogen-bond donors (Lipinski definition) is 2. The molecule has 0 saturated carbocycles. The van der Waals surface area contributed by atoms with Crippen molar-refractivity contribution >= 4 is 51.3 Å². The molecule has 0 unspecified atom stereocenters. The van der Waals surface area contributed by atoms with Crippen molar-refractivity contribution < 1.29 is 0 Å². The monoisotopic (exact) mass is 304 g/mol. The summed E-state index contributed by atoms with van der Waals surface area (Å²) >= 11 is 12.0. The molecule has 3 N–H and O–H groups in total. The van der Waals surface area contributed by atoms with Gasteiger partial charge in [-0.15, -0.1) is 0 Å². The van der Waals surface area contributed by atoms with Crippen LogP contribution in [0.2, 0.25) is 10.0 Å². The van der Waals surface area contributed by atoms with E-state index in [4.69, 9.17) is 28.9 Å². The highest BCUT2D eigenvalue weighted by Crippen LogP contribution is 2.28. The van der Waals surface area contributed by atoms with Crippen molar-refractivity contribution in [1.29, 1.82) is 0 Å². The van der Waals surface area contributed by atoms with E-state index < -0.39 is 0 Å². The molecule has 0 radical (unpaired) electrons. The minimum Gasteiger partial charge on any atom is -0.399 e. The summed E-state index contributed by atoms with van der Waals surface area (Å²) < 4.78 is 0. The second-order valence-electron chi connectivity index (χ2n) is 4.28. The summed E-state index contributed by atoms with van der Waals surface area (Å²) in [5.74, 6) is 0.653. The van der Waals surface area contributed by atoms with Crippen LogP contribution >= 0.6 is 23.2 Å². The molecule has 0 saturated heterocycles. The molecular formula is C14H10Cl2N4. The van der Waals surface area contributed by atoms with E-state index in [1.54, 1.807) is 24.3 Å². The van der Waals surface area contributed by atoms with Crippen LogP contribution < -0.4 is 11.1 Å². The Morgan fingerprint density at radius 2 is 1.70 bits per heavy atom. The van der Waals surface area contributed by atoms with Crippen molar-refractivity contribution in [2.24, 2.45) is 0 Å². The number of nitrogens with two attached hydrogens (primary N) is 1. The van der Waals surface area contributed by atoms with Crippen LogP contribution in [0.15, 0.2) is 42.7 Å². The van der Waals surface area contributed by atoms with Gasteiger partial charge in [-0.1, -0.05) is 23.2 Å². The molecule has 3 rings (SSSR count). The lowest BCUT2D eigenvalue weighted by Gasteiger charge is -2.09. The summed E-state index contributed by atoms with van der Waals surface area (Å²) in [6.45, 7) is 0. The number of hydrogen-bond acceptors (Lipinski definition) is 4. The van der Waals surface area contributed by atoms with E-state index in [0.29, 0.717) is 21.6 Å². The summed E-state index contributed by atoms with van der Waals surface area (Å²) in [7, 11) is 0. The number of nitrogens with zero attached hydrogens (tertiary/aromatic N) is 2. The van der Waals surface area contributed by atoms with Gasteiger partial charge < -0.3 is 11.1 Å². The van der Waals surface area contributed by atoms with Gasteiger partial charge in [0.25, 0.3) is 0 Å². The second kappa shape index (κ2) is 5.15. The third kappa shape index (κ3) is 2.61. The summed E-state index contributed by atoms with van der Waals surface area (Å²) in [5.41, 5.74) is 8.03. The maximum Gasteiger partial charge on any atom is 0.141 e. The molecule has 0 spiro atoms. The lowest BCUT2D eigenvalue weighted by molar-refractivity contribution is 1.22. The Labute approximate surface area is 125 Å². The minimum absolute atomic E-state index is 0.554. The van der Waals surface area contributed by atoms with Crippen LogP contribution in [0, 0.1) is 0 Å². The van der Waals surface area contributed by atoms with E-state index in [0.717, 1.165) is 16.6 Å². The molecule has 0 aliphatic rings. The zero-order valence-corrected chi connectivity index (χ0v) is 11.8. The van der Waals surface area contributed by atoms with Gasteiger partial charge in [0.05, 0.1) is 5.52 Å². The van der Waals surface area contributed by atoms with Crippen molar-refractivity contribution in [2.75, 3.05) is 11.1 Å². The van der Waals surface area contributed by atoms with Gasteiger partial charge in [0.1, 0.15) is 12.1 Å². The molecule has 0 atom stereocenters. The summed E-state index contributed by atoms with van der Waals surface area (Å²) in [5, 5.41) is 5.12. The van der Waals surface area contributed by atoms with Gasteiger partial charge >= 0.3 is 0 Å². The smallest absolute Gasteiger partial charge is 0.141 e. The Morgan fingerprint density at radius 1 is 0.950 bits per heavy atom. The average Bonchev–Trinajstić information content (AvgIpc) is 2.38. The van der Waals surface area contributed by atoms with Crippen molar-refractivity contribution in [3.8, 4) is 0 Å². The lowest BCUT2D eigenvalue weighted by atomic mass is 10.2. The number of anilines is 3. The Bertz CT molecular complexity index is 769. The first kappa shape index (κ1) is 13.0. The first-order valence-corrected chi connectivity index (χ1v) is 6.61. The highest BCUT2D eigenvalue weighted by molar-refractivity contribution is 6.35. The third-order valence-corrected chi connectivity index (χ3v) is 3.22. The van der Waals surface area contributed by atoms with Crippen LogP contribution in [-0.4, -0.2) is 9.97 Å². The zero-order chi connectivity index (χ0) is 14.1. The minimum atomic E-state index is 0.554. The Morgan fingerprint density at radius 3 is 2.45 bits per heavy atom. The number of benzene rings is 2. The number of fused-ring (bicyclic) bond motifs is 1. The molecule has 2 aromatic carbocycles.